The van der Waals surface area contributed by atoms with Crippen molar-refractivity contribution in [2.24, 2.45) is 0 Å². The van der Waals surface area contributed by atoms with Crippen LogP contribution in [-0.4, -0.2) is 15.1 Å². The number of hydrogen-bond donors (Lipinski definition) is 0. The van der Waals surface area contributed by atoms with Crippen molar-refractivity contribution >= 4 is 31.9 Å². The third-order valence-corrected chi connectivity index (χ3v) is 6.38. The minimum absolute atomic E-state index is 0.100. The Morgan fingerprint density at radius 3 is 2.38 bits per heavy atom. The van der Waals surface area contributed by atoms with Crippen molar-refractivity contribution in [3.8, 4) is 0 Å². The Bertz CT molecular complexity index is 586. The third kappa shape index (κ3) is 3.26. The van der Waals surface area contributed by atoms with Gasteiger partial charge in [-0.2, -0.15) is 5.10 Å². The monoisotopic (exact) mass is 412 g/mol. The summed E-state index contributed by atoms with van der Waals surface area (Å²) in [5.74, 6) is 0. The molecule has 0 spiro atoms. The molecule has 0 saturated heterocycles. The van der Waals surface area contributed by atoms with Gasteiger partial charge >= 0.3 is 0 Å². The first-order valence-corrected chi connectivity index (χ1v) is 9.32. The number of rotatable bonds is 6. The lowest BCUT2D eigenvalue weighted by Crippen LogP contribution is -2.31. The van der Waals surface area contributed by atoms with Crippen LogP contribution in [0.25, 0.3) is 0 Å². The highest BCUT2D eigenvalue weighted by Gasteiger charge is 2.32. The van der Waals surface area contributed by atoms with Gasteiger partial charge in [0, 0.05) is 23.7 Å². The topological polar surface area (TPSA) is 17.8 Å². The summed E-state index contributed by atoms with van der Waals surface area (Å²) >= 11 is 7.49. The second-order valence-electron chi connectivity index (χ2n) is 5.47. The van der Waals surface area contributed by atoms with E-state index in [0.29, 0.717) is 0 Å². The van der Waals surface area contributed by atoms with Crippen molar-refractivity contribution in [1.29, 1.82) is 0 Å². The molecule has 0 aliphatic carbocycles. The first-order chi connectivity index (χ1) is 10.1. The highest BCUT2D eigenvalue weighted by Crippen LogP contribution is 2.36. The first kappa shape index (κ1) is 16.8. The molecule has 4 heteroatoms. The zero-order valence-corrected chi connectivity index (χ0v) is 16.0. The summed E-state index contributed by atoms with van der Waals surface area (Å²) in [6.45, 7) is 7.37. The van der Waals surface area contributed by atoms with Crippen molar-refractivity contribution in [2.45, 2.75) is 45.6 Å². The first-order valence-electron chi connectivity index (χ1n) is 7.41. The third-order valence-electron chi connectivity index (χ3n) is 4.28. The Labute approximate surface area is 144 Å². The van der Waals surface area contributed by atoms with E-state index in [9.17, 15) is 0 Å². The Hall–Kier alpha value is -0.610. The Kier molecular flexibility index (Phi) is 5.67. The standard InChI is InChI=1S/C17H22Br2N2/c1-4-17(12-18,14-9-7-6-8-10-14)11-15-16(19)13(3)20-21(15)5-2/h6-10H,4-5,11-12H2,1-3H3. The Balaban J connectivity index is 2.46. The van der Waals surface area contributed by atoms with Gasteiger partial charge in [-0.15, -0.1) is 0 Å². The molecular weight excluding hydrogens is 392 g/mol. The van der Waals surface area contributed by atoms with Crippen molar-refractivity contribution in [1.82, 2.24) is 9.78 Å². The molecule has 21 heavy (non-hydrogen) atoms. The van der Waals surface area contributed by atoms with Crippen LogP contribution >= 0.6 is 31.9 Å². The van der Waals surface area contributed by atoms with E-state index >= 15 is 0 Å². The molecule has 1 heterocycles. The Morgan fingerprint density at radius 2 is 1.86 bits per heavy atom. The van der Waals surface area contributed by atoms with Gasteiger partial charge in [0.15, 0.2) is 0 Å². The van der Waals surface area contributed by atoms with Gasteiger partial charge < -0.3 is 0 Å². The van der Waals surface area contributed by atoms with E-state index in [2.05, 4.69) is 92.7 Å². The number of hydrogen-bond acceptors (Lipinski definition) is 1. The van der Waals surface area contributed by atoms with E-state index in [1.807, 2.05) is 0 Å². The lowest BCUT2D eigenvalue weighted by atomic mass is 9.76. The molecule has 0 amide bonds. The van der Waals surface area contributed by atoms with Gasteiger partial charge in [0.05, 0.1) is 15.9 Å². The second kappa shape index (κ2) is 7.10. The van der Waals surface area contributed by atoms with Crippen LogP contribution in [0.4, 0.5) is 0 Å². The summed E-state index contributed by atoms with van der Waals surface area (Å²) in [7, 11) is 0. The smallest absolute Gasteiger partial charge is 0.0738 e. The van der Waals surface area contributed by atoms with Gasteiger partial charge in [0.2, 0.25) is 0 Å². The van der Waals surface area contributed by atoms with Crippen molar-refractivity contribution in [3.05, 3.63) is 51.8 Å². The SMILES string of the molecule is CCn1nc(C)c(Br)c1CC(CC)(CBr)c1ccccc1. The van der Waals surface area contributed by atoms with Crippen LogP contribution in [-0.2, 0) is 18.4 Å². The molecule has 1 unspecified atom stereocenters. The summed E-state index contributed by atoms with van der Waals surface area (Å²) in [6, 6.07) is 10.8. The molecule has 1 aromatic carbocycles. The summed E-state index contributed by atoms with van der Waals surface area (Å²) < 4.78 is 3.27. The summed E-state index contributed by atoms with van der Waals surface area (Å²) in [5, 5.41) is 5.57. The van der Waals surface area contributed by atoms with Gasteiger partial charge in [-0.05, 0) is 41.8 Å². The maximum Gasteiger partial charge on any atom is 0.0738 e. The lowest BCUT2D eigenvalue weighted by Gasteiger charge is -2.32. The van der Waals surface area contributed by atoms with E-state index in [4.69, 9.17) is 0 Å². The molecule has 1 atom stereocenters. The molecule has 2 aromatic rings. The molecule has 0 N–H and O–H groups in total. The van der Waals surface area contributed by atoms with E-state index in [1.165, 1.54) is 11.3 Å². The van der Waals surface area contributed by atoms with E-state index in [1.54, 1.807) is 0 Å². The molecule has 0 fully saturated rings. The summed E-state index contributed by atoms with van der Waals surface area (Å²) in [6.07, 6.45) is 2.07. The number of nitrogens with zero attached hydrogens (tertiary/aromatic N) is 2. The molecule has 0 radical (unpaired) electrons. The second-order valence-corrected chi connectivity index (χ2v) is 6.83. The largest absolute Gasteiger partial charge is 0.268 e. The van der Waals surface area contributed by atoms with Crippen molar-refractivity contribution < 1.29 is 0 Å². The molecule has 1 aromatic heterocycles. The van der Waals surface area contributed by atoms with Gasteiger partial charge in [0.25, 0.3) is 0 Å². The average molecular weight is 414 g/mol. The van der Waals surface area contributed by atoms with Gasteiger partial charge in [-0.1, -0.05) is 53.2 Å². The minimum atomic E-state index is 0.100. The number of aryl methyl sites for hydroxylation is 2. The predicted octanol–water partition coefficient (Wildman–Crippen LogP) is 5.26. The van der Waals surface area contributed by atoms with Crippen molar-refractivity contribution in [2.75, 3.05) is 5.33 Å². The minimum Gasteiger partial charge on any atom is -0.268 e. The zero-order valence-electron chi connectivity index (χ0n) is 12.9. The molecule has 0 saturated carbocycles. The van der Waals surface area contributed by atoms with Crippen LogP contribution < -0.4 is 0 Å². The number of aromatic nitrogens is 2. The maximum absolute atomic E-state index is 4.63. The lowest BCUT2D eigenvalue weighted by molar-refractivity contribution is 0.441. The van der Waals surface area contributed by atoms with Crippen LogP contribution in [0.3, 0.4) is 0 Å². The Morgan fingerprint density at radius 1 is 1.19 bits per heavy atom. The number of halogens is 2. The van der Waals surface area contributed by atoms with Crippen LogP contribution in [0.5, 0.6) is 0 Å². The fourth-order valence-electron chi connectivity index (χ4n) is 2.80. The van der Waals surface area contributed by atoms with Gasteiger partial charge in [0.1, 0.15) is 0 Å². The van der Waals surface area contributed by atoms with Crippen LogP contribution in [0, 0.1) is 6.92 Å². The van der Waals surface area contributed by atoms with Crippen molar-refractivity contribution in [3.63, 3.8) is 0 Å². The van der Waals surface area contributed by atoms with Gasteiger partial charge in [-0.25, -0.2) is 0 Å². The quantitative estimate of drug-likeness (QED) is 0.590. The molecular formula is C17H22Br2N2. The highest BCUT2D eigenvalue weighted by molar-refractivity contribution is 9.10. The number of alkyl halides is 1. The van der Waals surface area contributed by atoms with Crippen LogP contribution in [0.15, 0.2) is 34.8 Å². The van der Waals surface area contributed by atoms with E-state index in [0.717, 1.165) is 34.9 Å². The van der Waals surface area contributed by atoms with Gasteiger partial charge in [-0.3, -0.25) is 4.68 Å². The summed E-state index contributed by atoms with van der Waals surface area (Å²) in [5.41, 5.74) is 3.85. The van der Waals surface area contributed by atoms with E-state index < -0.39 is 0 Å². The normalized spacial score (nSPS) is 14.1. The average Bonchev–Trinajstić information content (AvgIpc) is 2.80. The molecule has 0 aliphatic heterocycles. The van der Waals surface area contributed by atoms with E-state index in [-0.39, 0.29) is 5.41 Å². The molecule has 0 aliphatic rings. The summed E-state index contributed by atoms with van der Waals surface area (Å²) in [4.78, 5) is 0. The maximum atomic E-state index is 4.63. The molecule has 2 nitrogen and oxygen atoms in total. The zero-order chi connectivity index (χ0) is 15.5. The highest BCUT2D eigenvalue weighted by atomic mass is 79.9. The molecule has 114 valence electrons. The van der Waals surface area contributed by atoms with Crippen LogP contribution in [0.1, 0.15) is 37.2 Å². The fraction of sp³-hybridized carbons (Fsp3) is 0.471. The predicted molar refractivity (Wildman–Crippen MR) is 96.2 cm³/mol. The van der Waals surface area contributed by atoms with Crippen LogP contribution in [0.2, 0.25) is 0 Å². The molecule has 2 rings (SSSR count). The number of benzene rings is 1. The molecule has 0 bridgehead atoms. The fourth-order valence-corrected chi connectivity index (χ4v) is 4.14.